The quantitative estimate of drug-likeness (QED) is 0.845. The van der Waals surface area contributed by atoms with Crippen LogP contribution in [0.1, 0.15) is 23.6 Å². The van der Waals surface area contributed by atoms with Gasteiger partial charge in [0.05, 0.1) is 5.92 Å². The first-order chi connectivity index (χ1) is 9.06. The number of carboxylic acids is 1. The Bertz CT molecular complexity index is 428. The molecule has 0 radical (unpaired) electrons. The van der Waals surface area contributed by atoms with Crippen LogP contribution >= 0.6 is 0 Å². The molecule has 1 aliphatic rings. The molecule has 0 bridgehead atoms. The lowest BCUT2D eigenvalue weighted by Gasteiger charge is -2.12. The number of benzene rings is 1. The van der Waals surface area contributed by atoms with Crippen molar-refractivity contribution in [3.05, 3.63) is 35.4 Å². The van der Waals surface area contributed by atoms with Gasteiger partial charge in [0.25, 0.3) is 0 Å². The van der Waals surface area contributed by atoms with Gasteiger partial charge in [-0.3, -0.25) is 4.79 Å². The fraction of sp³-hybridized carbons (Fsp3) is 0.533. The molecule has 2 unspecified atom stereocenters. The Morgan fingerprint density at radius 1 is 1.37 bits per heavy atom. The molecule has 2 N–H and O–H groups in total. The van der Waals surface area contributed by atoms with E-state index in [1.807, 2.05) is 0 Å². The van der Waals surface area contributed by atoms with Crippen molar-refractivity contribution in [2.45, 2.75) is 18.9 Å². The van der Waals surface area contributed by atoms with E-state index in [0.717, 1.165) is 13.0 Å². The third-order valence-electron chi connectivity index (χ3n) is 3.71. The zero-order valence-electron chi connectivity index (χ0n) is 11.6. The average molecular weight is 262 g/mol. The maximum atomic E-state index is 10.9. The van der Waals surface area contributed by atoms with Gasteiger partial charge in [-0.15, -0.1) is 0 Å². The lowest BCUT2D eigenvalue weighted by Crippen LogP contribution is -2.17. The van der Waals surface area contributed by atoms with Gasteiger partial charge >= 0.3 is 5.97 Å². The van der Waals surface area contributed by atoms with Gasteiger partial charge in [0.2, 0.25) is 0 Å². The lowest BCUT2D eigenvalue weighted by atomic mass is 9.99. The van der Waals surface area contributed by atoms with E-state index in [-0.39, 0.29) is 12.0 Å². The number of nitrogens with zero attached hydrogens (tertiary/aromatic N) is 1. The highest BCUT2D eigenvalue weighted by Gasteiger charge is 2.29. The molecule has 2 atom stereocenters. The molecule has 1 saturated heterocycles. The predicted octanol–water partition coefficient (Wildman–Crippen LogP) is 1.53. The second-order valence-corrected chi connectivity index (χ2v) is 5.53. The average Bonchev–Trinajstić information content (AvgIpc) is 2.86. The molecule has 2 rings (SSSR count). The number of carboxylic acid groups (broad SMARTS) is 1. The lowest BCUT2D eigenvalue weighted by molar-refractivity contribution is -0.141. The van der Waals surface area contributed by atoms with E-state index >= 15 is 0 Å². The van der Waals surface area contributed by atoms with E-state index in [1.54, 1.807) is 0 Å². The summed E-state index contributed by atoms with van der Waals surface area (Å²) in [6.45, 7) is 1.62. The molecule has 0 aromatic heterocycles. The van der Waals surface area contributed by atoms with E-state index in [2.05, 4.69) is 48.6 Å². The maximum absolute atomic E-state index is 10.9. The molecule has 1 heterocycles. The van der Waals surface area contributed by atoms with Crippen LogP contribution in [-0.4, -0.2) is 43.2 Å². The Labute approximate surface area is 114 Å². The Morgan fingerprint density at radius 3 is 2.58 bits per heavy atom. The highest BCUT2D eigenvalue weighted by molar-refractivity contribution is 5.70. The smallest absolute Gasteiger partial charge is 0.307 e. The molecule has 1 aliphatic heterocycles. The van der Waals surface area contributed by atoms with Gasteiger partial charge in [-0.05, 0) is 38.1 Å². The van der Waals surface area contributed by atoms with Gasteiger partial charge in [-0.2, -0.15) is 0 Å². The van der Waals surface area contributed by atoms with Crippen molar-refractivity contribution in [2.75, 3.05) is 27.2 Å². The zero-order chi connectivity index (χ0) is 13.8. The highest BCUT2D eigenvalue weighted by atomic mass is 16.4. The number of likely N-dealkylation sites (N-methyl/N-ethyl adjacent to an activating group) is 1. The molecular weight excluding hydrogens is 240 g/mol. The normalized spacial score (nSPS) is 22.9. The molecule has 4 nitrogen and oxygen atoms in total. The predicted molar refractivity (Wildman–Crippen MR) is 75.2 cm³/mol. The third-order valence-corrected chi connectivity index (χ3v) is 3.71. The van der Waals surface area contributed by atoms with Crippen LogP contribution in [0.25, 0.3) is 0 Å². The van der Waals surface area contributed by atoms with Gasteiger partial charge in [-0.1, -0.05) is 24.3 Å². The van der Waals surface area contributed by atoms with Crippen LogP contribution in [-0.2, 0) is 11.2 Å². The minimum absolute atomic E-state index is 0.184. The van der Waals surface area contributed by atoms with Crippen molar-refractivity contribution in [2.24, 2.45) is 5.92 Å². The summed E-state index contributed by atoms with van der Waals surface area (Å²) < 4.78 is 0. The summed E-state index contributed by atoms with van der Waals surface area (Å²) in [6.07, 6.45) is 1.73. The number of hydrogen-bond acceptors (Lipinski definition) is 3. The summed E-state index contributed by atoms with van der Waals surface area (Å²) in [7, 11) is 4.14. The number of nitrogens with one attached hydrogen (secondary N) is 1. The maximum Gasteiger partial charge on any atom is 0.307 e. The van der Waals surface area contributed by atoms with Crippen LogP contribution in [0.2, 0.25) is 0 Å². The molecule has 104 valence electrons. The number of rotatable bonds is 5. The fourth-order valence-electron chi connectivity index (χ4n) is 2.45. The van der Waals surface area contributed by atoms with Crippen LogP contribution in [0.15, 0.2) is 24.3 Å². The fourth-order valence-corrected chi connectivity index (χ4v) is 2.45. The first kappa shape index (κ1) is 14.0. The molecule has 0 amide bonds. The zero-order valence-corrected chi connectivity index (χ0v) is 11.6. The molecule has 0 spiro atoms. The third kappa shape index (κ3) is 3.78. The van der Waals surface area contributed by atoms with Crippen LogP contribution in [0.3, 0.4) is 0 Å². The largest absolute Gasteiger partial charge is 0.481 e. The van der Waals surface area contributed by atoms with Crippen molar-refractivity contribution in [1.82, 2.24) is 10.2 Å². The Kier molecular flexibility index (Phi) is 4.56. The number of aliphatic carboxylic acids is 1. The number of hydrogen-bond donors (Lipinski definition) is 2. The molecule has 4 heteroatoms. The van der Waals surface area contributed by atoms with Crippen molar-refractivity contribution >= 4 is 5.97 Å². The molecule has 0 aliphatic carbocycles. The minimum atomic E-state index is -0.697. The SMILES string of the molecule is CN(C)CCc1ccc(C2CC(C(=O)O)CN2)cc1. The minimum Gasteiger partial charge on any atom is -0.481 e. The summed E-state index contributed by atoms with van der Waals surface area (Å²) in [5.41, 5.74) is 2.52. The summed E-state index contributed by atoms with van der Waals surface area (Å²) in [5.74, 6) is -0.948. The summed E-state index contributed by atoms with van der Waals surface area (Å²) >= 11 is 0. The summed E-state index contributed by atoms with van der Waals surface area (Å²) in [6, 6.07) is 8.72. The monoisotopic (exact) mass is 262 g/mol. The molecule has 1 aromatic rings. The first-order valence-corrected chi connectivity index (χ1v) is 6.76. The Morgan fingerprint density at radius 2 is 2.05 bits per heavy atom. The topological polar surface area (TPSA) is 52.6 Å². The molecule has 1 fully saturated rings. The summed E-state index contributed by atoms with van der Waals surface area (Å²) in [4.78, 5) is 13.1. The molecule has 19 heavy (non-hydrogen) atoms. The van der Waals surface area contributed by atoms with Gasteiger partial charge in [-0.25, -0.2) is 0 Å². The van der Waals surface area contributed by atoms with Crippen molar-refractivity contribution in [3.8, 4) is 0 Å². The van der Waals surface area contributed by atoms with E-state index in [0.29, 0.717) is 13.0 Å². The summed E-state index contributed by atoms with van der Waals surface area (Å²) in [5, 5.41) is 12.3. The first-order valence-electron chi connectivity index (χ1n) is 6.76. The van der Waals surface area contributed by atoms with Crippen molar-refractivity contribution < 1.29 is 9.90 Å². The van der Waals surface area contributed by atoms with E-state index in [4.69, 9.17) is 5.11 Å². The van der Waals surface area contributed by atoms with Crippen molar-refractivity contribution in [3.63, 3.8) is 0 Å². The molecule has 0 saturated carbocycles. The standard InChI is InChI=1S/C15H22N2O2/c1-17(2)8-7-11-3-5-12(6-4-11)14-9-13(10-16-14)15(18)19/h3-6,13-14,16H,7-10H2,1-2H3,(H,18,19). The Balaban J connectivity index is 1.93. The van der Waals surface area contributed by atoms with Gasteiger partial charge in [0.1, 0.15) is 0 Å². The number of carbonyl (C=O) groups is 1. The Hall–Kier alpha value is -1.39. The molecular formula is C15H22N2O2. The van der Waals surface area contributed by atoms with E-state index < -0.39 is 5.97 Å². The van der Waals surface area contributed by atoms with Gasteiger partial charge in [0, 0.05) is 19.1 Å². The van der Waals surface area contributed by atoms with Crippen LogP contribution < -0.4 is 5.32 Å². The second-order valence-electron chi connectivity index (χ2n) is 5.53. The second kappa shape index (κ2) is 6.17. The van der Waals surface area contributed by atoms with Gasteiger partial charge < -0.3 is 15.3 Å². The van der Waals surface area contributed by atoms with E-state index in [9.17, 15) is 4.79 Å². The molecule has 1 aromatic carbocycles. The van der Waals surface area contributed by atoms with Crippen LogP contribution in [0.5, 0.6) is 0 Å². The highest BCUT2D eigenvalue weighted by Crippen LogP contribution is 2.27. The van der Waals surface area contributed by atoms with Crippen LogP contribution in [0.4, 0.5) is 0 Å². The van der Waals surface area contributed by atoms with Crippen LogP contribution in [0, 0.1) is 5.92 Å². The van der Waals surface area contributed by atoms with Gasteiger partial charge in [0.15, 0.2) is 0 Å². The van der Waals surface area contributed by atoms with E-state index in [1.165, 1.54) is 11.1 Å². The van der Waals surface area contributed by atoms with Crippen molar-refractivity contribution in [1.29, 1.82) is 0 Å².